The Morgan fingerprint density at radius 2 is 2.14 bits per heavy atom. The van der Waals surface area contributed by atoms with Gasteiger partial charge in [0.05, 0.1) is 34.3 Å². The zero-order chi connectivity index (χ0) is 15.4. The first-order valence-corrected chi connectivity index (χ1v) is 7.46. The van der Waals surface area contributed by atoms with Gasteiger partial charge >= 0.3 is 0 Å². The fourth-order valence-corrected chi connectivity index (χ4v) is 2.44. The lowest BCUT2D eigenvalue weighted by molar-refractivity contribution is 0.589. The van der Waals surface area contributed by atoms with Crippen molar-refractivity contribution in [1.29, 1.82) is 0 Å². The fraction of sp³-hybridized carbons (Fsp3) is 0.462. The maximum absolute atomic E-state index is 12.1. The molecule has 0 aliphatic carbocycles. The first kappa shape index (κ1) is 15.7. The standard InChI is InChI=1S/C13H19BrN6O/c1-9-13(14)11(19(3)18-9)8-20-12(21)6-10(7-17-20)16-5-4-15-2/h6-7,15-16H,4-5,8H2,1-3H3. The summed E-state index contributed by atoms with van der Waals surface area (Å²) in [5.41, 5.74) is 2.39. The van der Waals surface area contributed by atoms with Gasteiger partial charge in [0.2, 0.25) is 0 Å². The number of halogens is 1. The van der Waals surface area contributed by atoms with Crippen molar-refractivity contribution < 1.29 is 0 Å². The Labute approximate surface area is 131 Å². The van der Waals surface area contributed by atoms with Crippen LogP contribution in [0.3, 0.4) is 0 Å². The average Bonchev–Trinajstić information content (AvgIpc) is 2.68. The second-order valence-electron chi connectivity index (χ2n) is 4.74. The van der Waals surface area contributed by atoms with E-state index in [1.54, 1.807) is 16.9 Å². The molecular weight excluding hydrogens is 336 g/mol. The Hall–Kier alpha value is -1.67. The van der Waals surface area contributed by atoms with Gasteiger partial charge in [0.1, 0.15) is 0 Å². The van der Waals surface area contributed by atoms with Crippen LogP contribution in [0.25, 0.3) is 0 Å². The van der Waals surface area contributed by atoms with Crippen LogP contribution in [0.15, 0.2) is 21.5 Å². The summed E-state index contributed by atoms with van der Waals surface area (Å²) in [6.07, 6.45) is 1.66. The summed E-state index contributed by atoms with van der Waals surface area (Å²) in [6.45, 7) is 3.87. The van der Waals surface area contributed by atoms with E-state index in [2.05, 4.69) is 36.8 Å². The Morgan fingerprint density at radius 1 is 1.38 bits per heavy atom. The van der Waals surface area contributed by atoms with Gasteiger partial charge < -0.3 is 10.6 Å². The van der Waals surface area contributed by atoms with Gasteiger partial charge in [-0.1, -0.05) is 0 Å². The normalized spacial score (nSPS) is 10.9. The van der Waals surface area contributed by atoms with Crippen molar-refractivity contribution >= 4 is 21.6 Å². The molecule has 8 heteroatoms. The molecule has 0 atom stereocenters. The number of hydrogen-bond acceptors (Lipinski definition) is 5. The predicted octanol–water partition coefficient (Wildman–Crippen LogP) is 0.727. The van der Waals surface area contributed by atoms with Crippen molar-refractivity contribution in [2.75, 3.05) is 25.5 Å². The molecule has 0 unspecified atom stereocenters. The van der Waals surface area contributed by atoms with Crippen molar-refractivity contribution in [1.82, 2.24) is 24.9 Å². The first-order valence-electron chi connectivity index (χ1n) is 6.66. The maximum atomic E-state index is 12.1. The van der Waals surface area contributed by atoms with E-state index in [0.29, 0.717) is 6.54 Å². The van der Waals surface area contributed by atoms with Gasteiger partial charge in [-0.25, -0.2) is 4.68 Å². The molecule has 21 heavy (non-hydrogen) atoms. The Balaban J connectivity index is 2.16. The highest BCUT2D eigenvalue weighted by molar-refractivity contribution is 9.10. The van der Waals surface area contributed by atoms with E-state index in [1.165, 1.54) is 4.68 Å². The van der Waals surface area contributed by atoms with Gasteiger partial charge in [0.25, 0.3) is 5.56 Å². The number of nitrogens with one attached hydrogen (secondary N) is 2. The summed E-state index contributed by atoms with van der Waals surface area (Å²) in [6, 6.07) is 1.56. The van der Waals surface area contributed by atoms with E-state index in [-0.39, 0.29) is 5.56 Å². The highest BCUT2D eigenvalue weighted by atomic mass is 79.9. The van der Waals surface area contributed by atoms with Crippen LogP contribution >= 0.6 is 15.9 Å². The fourth-order valence-electron chi connectivity index (χ4n) is 1.97. The molecule has 0 aliphatic rings. The molecule has 0 radical (unpaired) electrons. The summed E-state index contributed by atoms with van der Waals surface area (Å²) in [7, 11) is 3.73. The van der Waals surface area contributed by atoms with Gasteiger partial charge in [0, 0.05) is 26.2 Å². The van der Waals surface area contributed by atoms with Gasteiger partial charge in [-0.05, 0) is 29.9 Å². The van der Waals surface area contributed by atoms with Crippen molar-refractivity contribution in [2.24, 2.45) is 7.05 Å². The molecule has 2 heterocycles. The predicted molar refractivity (Wildman–Crippen MR) is 85.7 cm³/mol. The van der Waals surface area contributed by atoms with E-state index >= 15 is 0 Å². The van der Waals surface area contributed by atoms with Crippen molar-refractivity contribution in [3.8, 4) is 0 Å². The highest BCUT2D eigenvalue weighted by Gasteiger charge is 2.12. The van der Waals surface area contributed by atoms with Gasteiger partial charge in [0.15, 0.2) is 0 Å². The third-order valence-electron chi connectivity index (χ3n) is 3.13. The quantitative estimate of drug-likeness (QED) is 0.747. The van der Waals surface area contributed by atoms with Crippen LogP contribution in [0, 0.1) is 6.92 Å². The molecule has 2 aromatic rings. The summed E-state index contributed by atoms with van der Waals surface area (Å²) in [5, 5.41) is 14.7. The summed E-state index contributed by atoms with van der Waals surface area (Å²) in [5.74, 6) is 0. The minimum Gasteiger partial charge on any atom is -0.382 e. The molecule has 114 valence electrons. The van der Waals surface area contributed by atoms with E-state index in [1.807, 2.05) is 21.0 Å². The molecule has 7 nitrogen and oxygen atoms in total. The van der Waals surface area contributed by atoms with E-state index in [4.69, 9.17) is 0 Å². The Kier molecular flexibility index (Phi) is 5.13. The smallest absolute Gasteiger partial charge is 0.269 e. The number of rotatable bonds is 6. The second kappa shape index (κ2) is 6.86. The summed E-state index contributed by atoms with van der Waals surface area (Å²) in [4.78, 5) is 12.1. The number of hydrogen-bond donors (Lipinski definition) is 2. The molecule has 0 bridgehead atoms. The maximum Gasteiger partial charge on any atom is 0.269 e. The van der Waals surface area contributed by atoms with Crippen LogP contribution in [-0.4, -0.2) is 39.7 Å². The molecule has 0 fully saturated rings. The average molecular weight is 355 g/mol. The topological polar surface area (TPSA) is 76.8 Å². The minimum absolute atomic E-state index is 0.143. The Bertz CT molecular complexity index is 678. The highest BCUT2D eigenvalue weighted by Crippen LogP contribution is 2.20. The molecule has 0 amide bonds. The SMILES string of the molecule is CNCCNc1cnn(Cc2c(Br)c(C)nn2C)c(=O)c1. The van der Waals surface area contributed by atoms with Crippen molar-refractivity contribution in [3.63, 3.8) is 0 Å². The largest absolute Gasteiger partial charge is 0.382 e. The van der Waals surface area contributed by atoms with Gasteiger partial charge in [-0.2, -0.15) is 10.2 Å². The molecule has 0 saturated heterocycles. The lowest BCUT2D eigenvalue weighted by atomic mass is 10.3. The van der Waals surface area contributed by atoms with Crippen molar-refractivity contribution in [3.05, 3.63) is 38.5 Å². The van der Waals surface area contributed by atoms with Crippen LogP contribution in [0.4, 0.5) is 5.69 Å². The van der Waals surface area contributed by atoms with E-state index in [9.17, 15) is 4.79 Å². The zero-order valence-corrected chi connectivity index (χ0v) is 13.9. The lowest BCUT2D eigenvalue weighted by Gasteiger charge is -2.08. The monoisotopic (exact) mass is 354 g/mol. The van der Waals surface area contributed by atoms with Crippen LogP contribution in [0.5, 0.6) is 0 Å². The van der Waals surface area contributed by atoms with Gasteiger partial charge in [-0.15, -0.1) is 0 Å². The van der Waals surface area contributed by atoms with Gasteiger partial charge in [-0.3, -0.25) is 9.48 Å². The zero-order valence-electron chi connectivity index (χ0n) is 12.4. The number of nitrogens with zero attached hydrogens (tertiary/aromatic N) is 4. The first-order chi connectivity index (χ1) is 10.0. The van der Waals surface area contributed by atoms with E-state index in [0.717, 1.165) is 34.6 Å². The summed E-state index contributed by atoms with van der Waals surface area (Å²) < 4.78 is 4.09. The third-order valence-corrected chi connectivity index (χ3v) is 4.17. The lowest BCUT2D eigenvalue weighted by Crippen LogP contribution is -2.25. The van der Waals surface area contributed by atoms with Crippen molar-refractivity contribution in [2.45, 2.75) is 13.5 Å². The Morgan fingerprint density at radius 3 is 2.71 bits per heavy atom. The van der Waals surface area contributed by atoms with Crippen LogP contribution in [0.1, 0.15) is 11.4 Å². The van der Waals surface area contributed by atoms with Crippen LogP contribution in [0.2, 0.25) is 0 Å². The molecule has 0 saturated carbocycles. The molecule has 2 rings (SSSR count). The molecule has 2 N–H and O–H groups in total. The number of anilines is 1. The molecule has 0 aromatic carbocycles. The number of aromatic nitrogens is 4. The second-order valence-corrected chi connectivity index (χ2v) is 5.53. The number of likely N-dealkylation sites (N-methyl/N-ethyl adjacent to an activating group) is 1. The molecule has 2 aromatic heterocycles. The minimum atomic E-state index is -0.143. The molecular formula is C13H19BrN6O. The van der Waals surface area contributed by atoms with Crippen LogP contribution in [-0.2, 0) is 13.6 Å². The van der Waals surface area contributed by atoms with E-state index < -0.39 is 0 Å². The molecule has 0 spiro atoms. The van der Waals surface area contributed by atoms with Crippen LogP contribution < -0.4 is 16.2 Å². The molecule has 0 aliphatic heterocycles. The third kappa shape index (κ3) is 3.70. The summed E-state index contributed by atoms with van der Waals surface area (Å²) >= 11 is 3.49. The number of aryl methyl sites for hydroxylation is 2.